The molecule has 0 aliphatic rings. The zero-order chi connectivity index (χ0) is 8.97. The Balaban J connectivity index is 2.86. The maximum atomic E-state index is 3.14. The summed E-state index contributed by atoms with van der Waals surface area (Å²) in [6.45, 7) is 3.11. The average molecular weight is 181 g/mol. The molecule has 0 bridgehead atoms. The van der Waals surface area contributed by atoms with E-state index >= 15 is 0 Å². The minimum absolute atomic E-state index is 0.954. The quantitative estimate of drug-likeness (QED) is 0.719. The first-order valence-corrected chi connectivity index (χ1v) is 5.28. The molecule has 0 radical (unpaired) electrons. The van der Waals surface area contributed by atoms with Crippen molar-refractivity contribution in [1.29, 1.82) is 0 Å². The van der Waals surface area contributed by atoms with Gasteiger partial charge in [-0.15, -0.1) is 11.8 Å². The Morgan fingerprint density at radius 2 is 2.17 bits per heavy atom. The highest BCUT2D eigenvalue weighted by Crippen LogP contribution is 2.20. The summed E-state index contributed by atoms with van der Waals surface area (Å²) >= 11 is 1.80. The highest BCUT2D eigenvalue weighted by molar-refractivity contribution is 7.98. The highest BCUT2D eigenvalue weighted by atomic mass is 32.2. The van der Waals surface area contributed by atoms with Crippen LogP contribution in [0.4, 0.5) is 0 Å². The molecule has 0 aliphatic heterocycles. The molecule has 0 unspecified atom stereocenters. The van der Waals surface area contributed by atoms with Crippen molar-refractivity contribution in [3.8, 4) is 0 Å². The zero-order valence-electron chi connectivity index (χ0n) is 7.85. The third kappa shape index (κ3) is 2.26. The molecule has 0 spiro atoms. The van der Waals surface area contributed by atoms with Gasteiger partial charge >= 0.3 is 0 Å². The van der Waals surface area contributed by atoms with E-state index in [4.69, 9.17) is 0 Å². The summed E-state index contributed by atoms with van der Waals surface area (Å²) < 4.78 is 0. The second kappa shape index (κ2) is 4.53. The van der Waals surface area contributed by atoms with Gasteiger partial charge in [-0.1, -0.05) is 12.1 Å². The van der Waals surface area contributed by atoms with Gasteiger partial charge in [0.25, 0.3) is 0 Å². The molecule has 1 aromatic carbocycles. The van der Waals surface area contributed by atoms with Gasteiger partial charge in [-0.25, -0.2) is 0 Å². The molecule has 1 rings (SSSR count). The van der Waals surface area contributed by atoms with Crippen LogP contribution >= 0.6 is 11.8 Å². The second-order valence-electron chi connectivity index (χ2n) is 2.83. The smallest absolute Gasteiger partial charge is 0.0202 e. The summed E-state index contributed by atoms with van der Waals surface area (Å²) in [5, 5.41) is 3.14. The van der Waals surface area contributed by atoms with Crippen LogP contribution in [0.5, 0.6) is 0 Å². The molecule has 1 aromatic rings. The lowest BCUT2D eigenvalue weighted by molar-refractivity contribution is 0.815. The van der Waals surface area contributed by atoms with Gasteiger partial charge in [0.15, 0.2) is 0 Å². The van der Waals surface area contributed by atoms with Crippen LogP contribution in [0.25, 0.3) is 0 Å². The molecule has 0 saturated carbocycles. The van der Waals surface area contributed by atoms with Gasteiger partial charge in [0.05, 0.1) is 0 Å². The molecule has 0 atom stereocenters. The van der Waals surface area contributed by atoms with Crippen molar-refractivity contribution in [1.82, 2.24) is 5.32 Å². The van der Waals surface area contributed by atoms with E-state index in [-0.39, 0.29) is 0 Å². The predicted octanol–water partition coefficient (Wildman–Crippen LogP) is 2.44. The van der Waals surface area contributed by atoms with Crippen LogP contribution in [-0.2, 0) is 6.54 Å². The Morgan fingerprint density at radius 3 is 2.67 bits per heavy atom. The fraction of sp³-hybridized carbons (Fsp3) is 0.400. The van der Waals surface area contributed by atoms with Crippen LogP contribution in [0.1, 0.15) is 11.1 Å². The van der Waals surface area contributed by atoms with Gasteiger partial charge < -0.3 is 5.32 Å². The normalized spacial score (nSPS) is 10.2. The molecule has 0 fully saturated rings. The van der Waals surface area contributed by atoms with E-state index in [0.29, 0.717) is 0 Å². The van der Waals surface area contributed by atoms with E-state index in [0.717, 1.165) is 6.54 Å². The molecule has 2 heteroatoms. The third-order valence-corrected chi connectivity index (χ3v) is 2.74. The van der Waals surface area contributed by atoms with E-state index < -0.39 is 0 Å². The molecule has 1 N–H and O–H groups in total. The Labute approximate surface area is 78.6 Å². The summed E-state index contributed by atoms with van der Waals surface area (Å²) in [7, 11) is 1.97. The van der Waals surface area contributed by atoms with Crippen molar-refractivity contribution in [3.05, 3.63) is 29.3 Å². The van der Waals surface area contributed by atoms with E-state index in [1.165, 1.54) is 16.0 Å². The number of thioether (sulfide) groups is 1. The largest absolute Gasteiger partial charge is 0.316 e. The van der Waals surface area contributed by atoms with Crippen molar-refractivity contribution < 1.29 is 0 Å². The summed E-state index contributed by atoms with van der Waals surface area (Å²) in [5.74, 6) is 0. The number of rotatable bonds is 3. The van der Waals surface area contributed by atoms with Crippen molar-refractivity contribution in [2.45, 2.75) is 18.4 Å². The molecule has 0 aliphatic carbocycles. The number of hydrogen-bond donors (Lipinski definition) is 1. The second-order valence-corrected chi connectivity index (χ2v) is 3.68. The number of hydrogen-bond acceptors (Lipinski definition) is 2. The van der Waals surface area contributed by atoms with Crippen molar-refractivity contribution in [2.75, 3.05) is 13.3 Å². The standard InChI is InChI=1S/C10H15NS/c1-8-6-9(7-11-2)4-5-10(8)12-3/h4-6,11H,7H2,1-3H3. The van der Waals surface area contributed by atoms with E-state index in [9.17, 15) is 0 Å². The number of aryl methyl sites for hydroxylation is 1. The lowest BCUT2D eigenvalue weighted by Crippen LogP contribution is -2.04. The molecule has 1 nitrogen and oxygen atoms in total. The topological polar surface area (TPSA) is 12.0 Å². The zero-order valence-corrected chi connectivity index (χ0v) is 8.66. The van der Waals surface area contributed by atoms with Crippen molar-refractivity contribution in [3.63, 3.8) is 0 Å². The lowest BCUT2D eigenvalue weighted by Gasteiger charge is -2.05. The van der Waals surface area contributed by atoms with Crippen LogP contribution in [-0.4, -0.2) is 13.3 Å². The van der Waals surface area contributed by atoms with Gasteiger partial charge in [0, 0.05) is 11.4 Å². The van der Waals surface area contributed by atoms with Crippen molar-refractivity contribution in [2.24, 2.45) is 0 Å². The number of nitrogens with one attached hydrogen (secondary N) is 1. The highest BCUT2D eigenvalue weighted by Gasteiger charge is 1.97. The van der Waals surface area contributed by atoms with Gasteiger partial charge in [-0.05, 0) is 37.4 Å². The van der Waals surface area contributed by atoms with E-state index in [1.54, 1.807) is 11.8 Å². The van der Waals surface area contributed by atoms with Gasteiger partial charge in [-0.3, -0.25) is 0 Å². The maximum Gasteiger partial charge on any atom is 0.0202 e. The minimum atomic E-state index is 0.954. The maximum absolute atomic E-state index is 3.14. The molecular weight excluding hydrogens is 166 g/mol. The average Bonchev–Trinajstić information content (AvgIpc) is 2.05. The van der Waals surface area contributed by atoms with Crippen LogP contribution in [0.15, 0.2) is 23.1 Å². The first kappa shape index (κ1) is 9.62. The monoisotopic (exact) mass is 181 g/mol. The molecule has 0 aromatic heterocycles. The van der Waals surface area contributed by atoms with E-state index in [1.807, 2.05) is 7.05 Å². The molecule has 66 valence electrons. The van der Waals surface area contributed by atoms with Gasteiger partial charge in [0.2, 0.25) is 0 Å². The van der Waals surface area contributed by atoms with E-state index in [2.05, 4.69) is 36.7 Å². The van der Waals surface area contributed by atoms with Gasteiger partial charge in [-0.2, -0.15) is 0 Å². The summed E-state index contributed by atoms with van der Waals surface area (Å²) in [6.07, 6.45) is 2.11. The lowest BCUT2D eigenvalue weighted by atomic mass is 10.1. The SMILES string of the molecule is CNCc1ccc(SC)c(C)c1. The fourth-order valence-corrected chi connectivity index (χ4v) is 1.84. The molecule has 0 saturated heterocycles. The Kier molecular flexibility index (Phi) is 3.63. The van der Waals surface area contributed by atoms with Crippen LogP contribution in [0.3, 0.4) is 0 Å². The number of benzene rings is 1. The Bertz CT molecular complexity index is 258. The summed E-state index contributed by atoms with van der Waals surface area (Å²) in [4.78, 5) is 1.37. The first-order valence-electron chi connectivity index (χ1n) is 4.06. The first-order chi connectivity index (χ1) is 5.77. The molecule has 0 heterocycles. The van der Waals surface area contributed by atoms with Crippen LogP contribution in [0.2, 0.25) is 0 Å². The molecule has 0 amide bonds. The predicted molar refractivity (Wildman–Crippen MR) is 55.7 cm³/mol. The van der Waals surface area contributed by atoms with Crippen molar-refractivity contribution >= 4 is 11.8 Å². The Morgan fingerprint density at radius 1 is 1.42 bits per heavy atom. The van der Waals surface area contributed by atoms with Crippen LogP contribution in [0, 0.1) is 6.92 Å². The third-order valence-electron chi connectivity index (χ3n) is 1.84. The molecular formula is C10H15NS. The summed E-state index contributed by atoms with van der Waals surface area (Å²) in [6, 6.07) is 6.60. The Hall–Kier alpha value is -0.470. The van der Waals surface area contributed by atoms with Crippen LogP contribution < -0.4 is 5.32 Å². The van der Waals surface area contributed by atoms with Gasteiger partial charge in [0.1, 0.15) is 0 Å². The fourth-order valence-electron chi connectivity index (χ4n) is 1.25. The molecule has 12 heavy (non-hydrogen) atoms. The minimum Gasteiger partial charge on any atom is -0.316 e. The summed E-state index contributed by atoms with van der Waals surface area (Å²) in [5.41, 5.74) is 2.73.